The summed E-state index contributed by atoms with van der Waals surface area (Å²) >= 11 is 1.39. The third kappa shape index (κ3) is 3.94. The first kappa shape index (κ1) is 15.3. The van der Waals surface area contributed by atoms with Gasteiger partial charge in [0.1, 0.15) is 6.04 Å². The molecule has 2 heterocycles. The zero-order valence-corrected chi connectivity index (χ0v) is 12.0. The summed E-state index contributed by atoms with van der Waals surface area (Å²) in [6, 6.07) is -0.688. The Morgan fingerprint density at radius 2 is 2.50 bits per heavy atom. The molecule has 0 bridgehead atoms. The molecule has 1 aliphatic heterocycles. The van der Waals surface area contributed by atoms with Crippen molar-refractivity contribution in [3.63, 3.8) is 0 Å². The van der Waals surface area contributed by atoms with Gasteiger partial charge >= 0.3 is 0 Å². The minimum atomic E-state index is -2.46. The van der Waals surface area contributed by atoms with E-state index in [4.69, 9.17) is 4.74 Å². The van der Waals surface area contributed by atoms with Crippen LogP contribution in [0.15, 0.2) is 6.20 Å². The fourth-order valence-corrected chi connectivity index (χ4v) is 2.75. The predicted octanol–water partition coefficient (Wildman–Crippen LogP) is 1.61. The Labute approximate surface area is 119 Å². The van der Waals surface area contributed by atoms with E-state index >= 15 is 0 Å². The minimum absolute atomic E-state index is 0.130. The lowest BCUT2D eigenvalue weighted by Gasteiger charge is -2.33. The van der Waals surface area contributed by atoms with Crippen LogP contribution >= 0.6 is 11.3 Å². The molecule has 5 nitrogen and oxygen atoms in total. The van der Waals surface area contributed by atoms with E-state index in [1.807, 2.05) is 6.92 Å². The van der Waals surface area contributed by atoms with Crippen LogP contribution < -0.4 is 5.32 Å². The second kappa shape index (κ2) is 7.05. The first-order chi connectivity index (χ1) is 9.60. The molecule has 1 aromatic rings. The number of rotatable bonds is 5. The van der Waals surface area contributed by atoms with E-state index in [0.29, 0.717) is 18.3 Å². The first-order valence-corrected chi connectivity index (χ1v) is 7.27. The Morgan fingerprint density at radius 1 is 1.70 bits per heavy atom. The molecule has 1 atom stereocenters. The quantitative estimate of drug-likeness (QED) is 0.898. The van der Waals surface area contributed by atoms with Crippen LogP contribution in [0.4, 0.5) is 13.9 Å². The van der Waals surface area contributed by atoms with Crippen LogP contribution in [0.2, 0.25) is 0 Å². The number of amides is 1. The lowest BCUT2D eigenvalue weighted by molar-refractivity contribution is -0.128. The predicted molar refractivity (Wildman–Crippen MR) is 72.3 cm³/mol. The molecule has 1 saturated heterocycles. The SMILES string of the molecule is CCc1cnc(NC(=O)[C@H]2COCCN2CC(F)F)s1. The third-order valence-corrected chi connectivity index (χ3v) is 4.10. The highest BCUT2D eigenvalue weighted by molar-refractivity contribution is 7.15. The molecule has 0 unspecified atom stereocenters. The van der Waals surface area contributed by atoms with Crippen molar-refractivity contribution in [1.29, 1.82) is 0 Å². The Hall–Kier alpha value is -1.12. The summed E-state index contributed by atoms with van der Waals surface area (Å²) in [5.41, 5.74) is 0. The van der Waals surface area contributed by atoms with Crippen molar-refractivity contribution in [2.45, 2.75) is 25.8 Å². The standard InChI is InChI=1S/C12H17F2N3O2S/c1-2-8-5-15-12(20-8)16-11(18)9-7-19-4-3-17(9)6-10(13)14/h5,9-10H,2-4,6-7H2,1H3,(H,15,16,18)/t9-/m1/s1. The molecule has 1 fully saturated rings. The molecule has 0 saturated carbocycles. The molecule has 1 amide bonds. The van der Waals surface area contributed by atoms with Gasteiger partial charge in [0.25, 0.3) is 6.43 Å². The minimum Gasteiger partial charge on any atom is -0.378 e. The number of morpholine rings is 1. The van der Waals surface area contributed by atoms with Crippen LogP contribution in [0.3, 0.4) is 0 Å². The number of carbonyl (C=O) groups is 1. The number of aryl methyl sites for hydroxylation is 1. The molecule has 0 aromatic carbocycles. The van der Waals surface area contributed by atoms with E-state index in [1.165, 1.54) is 16.2 Å². The zero-order chi connectivity index (χ0) is 14.5. The van der Waals surface area contributed by atoms with Crippen molar-refractivity contribution >= 4 is 22.4 Å². The van der Waals surface area contributed by atoms with Gasteiger partial charge in [-0.05, 0) is 6.42 Å². The van der Waals surface area contributed by atoms with Gasteiger partial charge in [-0.1, -0.05) is 6.92 Å². The van der Waals surface area contributed by atoms with Crippen molar-refractivity contribution in [3.05, 3.63) is 11.1 Å². The number of ether oxygens (including phenoxy) is 1. The van der Waals surface area contributed by atoms with E-state index in [2.05, 4.69) is 10.3 Å². The van der Waals surface area contributed by atoms with E-state index in [-0.39, 0.29) is 12.5 Å². The van der Waals surface area contributed by atoms with Crippen molar-refractivity contribution in [2.24, 2.45) is 0 Å². The fourth-order valence-electron chi connectivity index (χ4n) is 1.99. The van der Waals surface area contributed by atoms with Crippen LogP contribution in [-0.2, 0) is 16.0 Å². The summed E-state index contributed by atoms with van der Waals surface area (Å²) in [7, 11) is 0. The van der Waals surface area contributed by atoms with Gasteiger partial charge in [0.05, 0.1) is 19.8 Å². The van der Waals surface area contributed by atoms with Gasteiger partial charge in [-0.15, -0.1) is 11.3 Å². The largest absolute Gasteiger partial charge is 0.378 e. The second-order valence-electron chi connectivity index (χ2n) is 4.45. The molecule has 1 aromatic heterocycles. The van der Waals surface area contributed by atoms with E-state index in [0.717, 1.165) is 11.3 Å². The topological polar surface area (TPSA) is 54.5 Å². The molecule has 8 heteroatoms. The molecule has 1 aliphatic rings. The highest BCUT2D eigenvalue weighted by Crippen LogP contribution is 2.19. The van der Waals surface area contributed by atoms with Crippen LogP contribution in [0.5, 0.6) is 0 Å². The molecular weight excluding hydrogens is 288 g/mol. The van der Waals surface area contributed by atoms with Crippen molar-refractivity contribution < 1.29 is 18.3 Å². The third-order valence-electron chi connectivity index (χ3n) is 3.05. The number of hydrogen-bond donors (Lipinski definition) is 1. The Morgan fingerprint density at radius 3 is 3.15 bits per heavy atom. The van der Waals surface area contributed by atoms with Gasteiger partial charge < -0.3 is 10.1 Å². The normalized spacial score (nSPS) is 20.3. The molecule has 112 valence electrons. The van der Waals surface area contributed by atoms with Gasteiger partial charge in [0.2, 0.25) is 5.91 Å². The van der Waals surface area contributed by atoms with E-state index in [1.54, 1.807) is 6.20 Å². The summed E-state index contributed by atoms with van der Waals surface area (Å²) in [5, 5.41) is 3.17. The van der Waals surface area contributed by atoms with Gasteiger partial charge in [0, 0.05) is 17.6 Å². The number of nitrogens with one attached hydrogen (secondary N) is 1. The average molecular weight is 305 g/mol. The van der Waals surface area contributed by atoms with Crippen LogP contribution in [0.25, 0.3) is 0 Å². The lowest BCUT2D eigenvalue weighted by atomic mass is 10.2. The van der Waals surface area contributed by atoms with Gasteiger partial charge in [-0.25, -0.2) is 13.8 Å². The van der Waals surface area contributed by atoms with Gasteiger partial charge in [-0.2, -0.15) is 0 Å². The number of hydrogen-bond acceptors (Lipinski definition) is 5. The maximum absolute atomic E-state index is 12.5. The van der Waals surface area contributed by atoms with Crippen LogP contribution in [0, 0.1) is 0 Å². The molecule has 2 rings (SSSR count). The molecule has 0 aliphatic carbocycles. The second-order valence-corrected chi connectivity index (χ2v) is 5.57. The molecule has 0 radical (unpaired) electrons. The van der Waals surface area contributed by atoms with Gasteiger partial charge in [-0.3, -0.25) is 9.69 Å². The van der Waals surface area contributed by atoms with Crippen LogP contribution in [-0.4, -0.2) is 54.6 Å². The number of anilines is 1. The average Bonchev–Trinajstić information content (AvgIpc) is 2.86. The Bertz CT molecular complexity index is 456. The lowest BCUT2D eigenvalue weighted by Crippen LogP contribution is -2.53. The molecule has 1 N–H and O–H groups in total. The number of halogens is 2. The number of alkyl halides is 2. The highest BCUT2D eigenvalue weighted by Gasteiger charge is 2.31. The molecule has 0 spiro atoms. The monoisotopic (exact) mass is 305 g/mol. The Kier molecular flexibility index (Phi) is 5.38. The summed E-state index contributed by atoms with van der Waals surface area (Å²) in [5.74, 6) is -0.345. The van der Waals surface area contributed by atoms with E-state index in [9.17, 15) is 13.6 Å². The van der Waals surface area contributed by atoms with Crippen molar-refractivity contribution in [1.82, 2.24) is 9.88 Å². The summed E-state index contributed by atoms with van der Waals surface area (Å²) in [6.07, 6.45) is 0.0848. The van der Waals surface area contributed by atoms with Crippen molar-refractivity contribution in [3.8, 4) is 0 Å². The first-order valence-electron chi connectivity index (χ1n) is 6.45. The maximum Gasteiger partial charge on any atom is 0.251 e. The van der Waals surface area contributed by atoms with Crippen LogP contribution in [0.1, 0.15) is 11.8 Å². The number of carbonyl (C=O) groups excluding carboxylic acids is 1. The van der Waals surface area contributed by atoms with Crippen molar-refractivity contribution in [2.75, 3.05) is 31.6 Å². The highest BCUT2D eigenvalue weighted by atomic mass is 32.1. The summed E-state index contributed by atoms with van der Waals surface area (Å²) < 4.78 is 30.2. The number of aromatic nitrogens is 1. The summed E-state index contributed by atoms with van der Waals surface area (Å²) in [4.78, 5) is 18.7. The fraction of sp³-hybridized carbons (Fsp3) is 0.667. The zero-order valence-electron chi connectivity index (χ0n) is 11.1. The molecular formula is C12H17F2N3O2S. The number of thiazole rings is 1. The maximum atomic E-state index is 12.5. The molecule has 20 heavy (non-hydrogen) atoms. The summed E-state index contributed by atoms with van der Waals surface area (Å²) in [6.45, 7) is 2.41. The number of nitrogens with zero attached hydrogens (tertiary/aromatic N) is 2. The Balaban J connectivity index is 1.98. The van der Waals surface area contributed by atoms with E-state index < -0.39 is 19.0 Å². The van der Waals surface area contributed by atoms with Gasteiger partial charge in [0.15, 0.2) is 5.13 Å². The smallest absolute Gasteiger partial charge is 0.251 e.